The lowest BCUT2D eigenvalue weighted by Gasteiger charge is -2.32. The maximum absolute atomic E-state index is 13.5. The van der Waals surface area contributed by atoms with E-state index >= 15 is 0 Å². The van der Waals surface area contributed by atoms with Gasteiger partial charge in [0.25, 0.3) is 0 Å². The summed E-state index contributed by atoms with van der Waals surface area (Å²) in [7, 11) is 3.12. The molecule has 1 saturated heterocycles. The molecule has 0 radical (unpaired) electrons. The lowest BCUT2D eigenvalue weighted by atomic mass is 10.1. The van der Waals surface area contributed by atoms with Gasteiger partial charge in [0.05, 0.1) is 20.3 Å². The molecule has 1 aromatic heterocycles. The number of carbonyl (C=O) groups excluding carboxylic acids is 2. The van der Waals surface area contributed by atoms with E-state index < -0.39 is 6.04 Å². The molecule has 196 valence electrons. The molecular weight excluding hydrogens is 464 g/mol. The Morgan fingerprint density at radius 1 is 1.17 bits per heavy atom. The number of nitrogens with zero attached hydrogens (tertiary/aromatic N) is 5. The van der Waals surface area contributed by atoms with E-state index in [1.54, 1.807) is 37.3 Å². The van der Waals surface area contributed by atoms with Crippen LogP contribution in [0.5, 0.6) is 11.5 Å². The molecule has 11 heteroatoms. The van der Waals surface area contributed by atoms with E-state index in [1.807, 2.05) is 6.92 Å². The summed E-state index contributed by atoms with van der Waals surface area (Å²) in [5.41, 5.74) is 0.685. The van der Waals surface area contributed by atoms with Crippen molar-refractivity contribution < 1.29 is 23.8 Å². The molecule has 2 aliphatic rings. The summed E-state index contributed by atoms with van der Waals surface area (Å²) in [5, 5.41) is 15.7. The van der Waals surface area contributed by atoms with Gasteiger partial charge in [-0.3, -0.25) is 9.59 Å². The Morgan fingerprint density at radius 2 is 1.94 bits per heavy atom. The zero-order valence-electron chi connectivity index (χ0n) is 21.3. The minimum Gasteiger partial charge on any atom is -0.493 e. The van der Waals surface area contributed by atoms with Crippen molar-refractivity contribution in [3.63, 3.8) is 0 Å². The van der Waals surface area contributed by atoms with Crippen molar-refractivity contribution >= 4 is 11.8 Å². The van der Waals surface area contributed by atoms with Gasteiger partial charge in [0.1, 0.15) is 12.6 Å². The molecule has 0 bridgehead atoms. The van der Waals surface area contributed by atoms with Gasteiger partial charge >= 0.3 is 0 Å². The van der Waals surface area contributed by atoms with Crippen LogP contribution in [-0.2, 0) is 20.9 Å². The molecule has 2 heterocycles. The van der Waals surface area contributed by atoms with E-state index in [4.69, 9.17) is 14.2 Å². The zero-order valence-corrected chi connectivity index (χ0v) is 21.3. The Balaban J connectivity index is 1.49. The van der Waals surface area contributed by atoms with Gasteiger partial charge in [-0.05, 0) is 55.5 Å². The molecule has 1 saturated carbocycles. The largest absolute Gasteiger partial charge is 0.493 e. The van der Waals surface area contributed by atoms with Crippen molar-refractivity contribution in [3.8, 4) is 22.9 Å². The highest BCUT2D eigenvalue weighted by Crippen LogP contribution is 2.30. The Labute approximate surface area is 211 Å². The van der Waals surface area contributed by atoms with E-state index in [2.05, 4.69) is 20.7 Å². The van der Waals surface area contributed by atoms with Crippen LogP contribution in [-0.4, -0.2) is 82.5 Å². The first kappa shape index (κ1) is 25.9. The van der Waals surface area contributed by atoms with Crippen LogP contribution in [0.3, 0.4) is 0 Å². The third-order valence-corrected chi connectivity index (χ3v) is 6.88. The van der Waals surface area contributed by atoms with Crippen molar-refractivity contribution in [3.05, 3.63) is 18.2 Å². The smallest absolute Gasteiger partial charge is 0.247 e. The van der Waals surface area contributed by atoms with Crippen molar-refractivity contribution in [1.29, 1.82) is 0 Å². The number of amides is 2. The van der Waals surface area contributed by atoms with Gasteiger partial charge in [0.15, 0.2) is 11.5 Å². The van der Waals surface area contributed by atoms with Crippen LogP contribution in [0.1, 0.15) is 51.9 Å². The second-order valence-electron chi connectivity index (χ2n) is 9.31. The summed E-state index contributed by atoms with van der Waals surface area (Å²) in [6.07, 6.45) is 6.49. The number of aromatic nitrogens is 4. The van der Waals surface area contributed by atoms with Crippen LogP contribution < -0.4 is 14.8 Å². The average Bonchev–Trinajstić information content (AvgIpc) is 3.67. The average molecular weight is 501 g/mol. The van der Waals surface area contributed by atoms with Crippen LogP contribution in [0.4, 0.5) is 0 Å². The Kier molecular flexibility index (Phi) is 8.74. The molecule has 1 aromatic carbocycles. The Bertz CT molecular complexity index is 1030. The number of ether oxygens (including phenoxy) is 3. The molecule has 4 rings (SSSR count). The summed E-state index contributed by atoms with van der Waals surface area (Å²) in [6.45, 7) is 2.85. The van der Waals surface area contributed by atoms with Crippen molar-refractivity contribution in [1.82, 2.24) is 30.4 Å². The monoisotopic (exact) mass is 500 g/mol. The topological polar surface area (TPSA) is 121 Å². The first-order valence-electron chi connectivity index (χ1n) is 12.7. The second-order valence-corrected chi connectivity index (χ2v) is 9.31. The molecule has 0 spiro atoms. The maximum Gasteiger partial charge on any atom is 0.247 e. The van der Waals surface area contributed by atoms with Crippen LogP contribution in [0.25, 0.3) is 11.4 Å². The molecule has 1 aliphatic heterocycles. The molecular formula is C25H36N6O5. The summed E-state index contributed by atoms with van der Waals surface area (Å²) in [4.78, 5) is 29.6. The van der Waals surface area contributed by atoms with Gasteiger partial charge in [-0.1, -0.05) is 19.8 Å². The summed E-state index contributed by atoms with van der Waals surface area (Å²) >= 11 is 0. The number of hydrogen-bond acceptors (Lipinski definition) is 8. The van der Waals surface area contributed by atoms with Gasteiger partial charge in [-0.15, -0.1) is 10.2 Å². The number of carbonyl (C=O) groups is 2. The van der Waals surface area contributed by atoms with Crippen LogP contribution >= 0.6 is 0 Å². The molecule has 0 unspecified atom stereocenters. The van der Waals surface area contributed by atoms with E-state index in [9.17, 15) is 9.59 Å². The molecule has 11 nitrogen and oxygen atoms in total. The standard InChI is InChI=1S/C25H36N6O5/c1-4-20(25(33)26-18-8-5-6-9-18)30(15-19-10-7-13-36-19)23(32)16-31-28-24(27-29-31)17-11-12-21(34-2)22(14-17)35-3/h11-12,14,18-20H,4-10,13,15-16H2,1-3H3,(H,26,33)/t19-,20+/m0/s1. The quantitative estimate of drug-likeness (QED) is 0.499. The Morgan fingerprint density at radius 3 is 2.61 bits per heavy atom. The van der Waals surface area contributed by atoms with E-state index in [-0.39, 0.29) is 30.5 Å². The number of hydrogen-bond donors (Lipinski definition) is 1. The van der Waals surface area contributed by atoms with Gasteiger partial charge in [-0.25, -0.2) is 0 Å². The Hall–Kier alpha value is -3.21. The van der Waals surface area contributed by atoms with Gasteiger partial charge < -0.3 is 24.4 Å². The van der Waals surface area contributed by atoms with Crippen LogP contribution in [0.15, 0.2) is 18.2 Å². The van der Waals surface area contributed by atoms with E-state index in [1.165, 1.54) is 4.80 Å². The predicted octanol–water partition coefficient (Wildman–Crippen LogP) is 2.20. The number of rotatable bonds is 11. The summed E-state index contributed by atoms with van der Waals surface area (Å²) < 4.78 is 16.4. The molecule has 2 atom stereocenters. The SMILES string of the molecule is CC[C@H](C(=O)NC1CCCC1)N(C[C@@H]1CCCO1)C(=O)Cn1nnc(-c2ccc(OC)c(OC)c2)n1. The fraction of sp³-hybridized carbons (Fsp3) is 0.640. The fourth-order valence-corrected chi connectivity index (χ4v) is 4.94. The van der Waals surface area contributed by atoms with Gasteiger partial charge in [0, 0.05) is 24.8 Å². The predicted molar refractivity (Wildman–Crippen MR) is 132 cm³/mol. The summed E-state index contributed by atoms with van der Waals surface area (Å²) in [5.74, 6) is 1.16. The lowest BCUT2D eigenvalue weighted by Crippen LogP contribution is -2.54. The number of benzene rings is 1. The van der Waals surface area contributed by atoms with E-state index in [0.717, 1.165) is 38.5 Å². The highest BCUT2D eigenvalue weighted by atomic mass is 16.5. The summed E-state index contributed by atoms with van der Waals surface area (Å²) in [6, 6.07) is 4.93. The molecule has 2 amide bonds. The van der Waals surface area contributed by atoms with Crippen molar-refractivity contribution in [2.45, 2.75) is 76.6 Å². The van der Waals surface area contributed by atoms with Crippen LogP contribution in [0.2, 0.25) is 0 Å². The first-order chi connectivity index (χ1) is 17.5. The third-order valence-electron chi connectivity index (χ3n) is 6.88. The maximum atomic E-state index is 13.5. The normalized spacial score (nSPS) is 18.7. The lowest BCUT2D eigenvalue weighted by molar-refractivity contribution is -0.143. The highest BCUT2D eigenvalue weighted by Gasteiger charge is 2.33. The molecule has 2 aromatic rings. The molecule has 1 aliphatic carbocycles. The second kappa shape index (κ2) is 12.2. The molecule has 1 N–H and O–H groups in total. The van der Waals surface area contributed by atoms with Crippen LogP contribution in [0, 0.1) is 0 Å². The van der Waals surface area contributed by atoms with Gasteiger partial charge in [0.2, 0.25) is 17.6 Å². The third kappa shape index (κ3) is 6.13. The minimum absolute atomic E-state index is 0.0756. The van der Waals surface area contributed by atoms with Crippen molar-refractivity contribution in [2.75, 3.05) is 27.4 Å². The minimum atomic E-state index is -0.573. The first-order valence-corrected chi connectivity index (χ1v) is 12.7. The van der Waals surface area contributed by atoms with Gasteiger partial charge in [-0.2, -0.15) is 4.80 Å². The number of tetrazole rings is 1. The van der Waals surface area contributed by atoms with Crippen molar-refractivity contribution in [2.24, 2.45) is 0 Å². The number of methoxy groups -OCH3 is 2. The van der Waals surface area contributed by atoms with E-state index in [0.29, 0.717) is 42.5 Å². The zero-order chi connectivity index (χ0) is 25.5. The fourth-order valence-electron chi connectivity index (χ4n) is 4.94. The number of nitrogens with one attached hydrogen (secondary N) is 1. The molecule has 2 fully saturated rings. The molecule has 36 heavy (non-hydrogen) atoms. The highest BCUT2D eigenvalue weighted by molar-refractivity contribution is 5.87.